The van der Waals surface area contributed by atoms with Crippen molar-refractivity contribution in [2.24, 2.45) is 17.8 Å². The van der Waals surface area contributed by atoms with Gasteiger partial charge in [0, 0.05) is 13.0 Å². The van der Waals surface area contributed by atoms with Gasteiger partial charge < -0.3 is 4.90 Å². The summed E-state index contributed by atoms with van der Waals surface area (Å²) in [7, 11) is 0. The number of nitrogens with zero attached hydrogens (tertiary/aromatic N) is 2. The molecule has 0 aromatic heterocycles. The predicted octanol–water partition coefficient (Wildman–Crippen LogP) is 2.18. The number of carbonyl (C=O) groups is 1. The van der Waals surface area contributed by atoms with Crippen LogP contribution in [0.15, 0.2) is 0 Å². The summed E-state index contributed by atoms with van der Waals surface area (Å²) >= 11 is 0. The molecule has 88 valence electrons. The summed E-state index contributed by atoms with van der Waals surface area (Å²) in [4.78, 5) is 13.6. The van der Waals surface area contributed by atoms with Crippen molar-refractivity contribution < 1.29 is 4.79 Å². The number of carbonyl (C=O) groups excluding carboxylic acids is 1. The zero-order valence-corrected chi connectivity index (χ0v) is 9.98. The highest BCUT2D eigenvalue weighted by molar-refractivity contribution is 5.76. The largest absolute Gasteiger partial charge is 0.330 e. The maximum Gasteiger partial charge on any atom is 0.223 e. The van der Waals surface area contributed by atoms with Gasteiger partial charge in [-0.2, -0.15) is 5.26 Å². The van der Waals surface area contributed by atoms with E-state index in [4.69, 9.17) is 5.26 Å². The fraction of sp³-hybridized carbons (Fsp3) is 0.846. The summed E-state index contributed by atoms with van der Waals surface area (Å²) in [6.45, 7) is 2.85. The van der Waals surface area contributed by atoms with Crippen molar-refractivity contribution >= 4 is 5.91 Å². The molecule has 3 nitrogen and oxygen atoms in total. The average molecular weight is 220 g/mol. The molecule has 3 heteroatoms. The predicted molar refractivity (Wildman–Crippen MR) is 61.4 cm³/mol. The molecule has 0 N–H and O–H groups in total. The monoisotopic (exact) mass is 220 g/mol. The number of fused-ring (bicyclic) bond motifs is 2. The number of hydrogen-bond acceptors (Lipinski definition) is 2. The number of amides is 1. The van der Waals surface area contributed by atoms with Gasteiger partial charge in [0.1, 0.15) is 6.54 Å². The Morgan fingerprint density at radius 2 is 2.25 bits per heavy atom. The normalized spacial score (nSPS) is 31.4. The minimum Gasteiger partial charge on any atom is -0.330 e. The summed E-state index contributed by atoms with van der Waals surface area (Å²) in [5.74, 6) is 2.49. The van der Waals surface area contributed by atoms with Crippen molar-refractivity contribution in [3.05, 3.63) is 0 Å². The lowest BCUT2D eigenvalue weighted by molar-refractivity contribution is -0.131. The van der Waals surface area contributed by atoms with Gasteiger partial charge in [-0.05, 0) is 43.9 Å². The molecule has 0 aliphatic heterocycles. The van der Waals surface area contributed by atoms with Crippen LogP contribution < -0.4 is 0 Å². The van der Waals surface area contributed by atoms with Gasteiger partial charge in [0.25, 0.3) is 0 Å². The molecular formula is C13H20N2O. The van der Waals surface area contributed by atoms with Crippen LogP contribution in [0.5, 0.6) is 0 Å². The van der Waals surface area contributed by atoms with Gasteiger partial charge in [0.15, 0.2) is 0 Å². The van der Waals surface area contributed by atoms with Crippen LogP contribution in [0.25, 0.3) is 0 Å². The van der Waals surface area contributed by atoms with E-state index in [0.29, 0.717) is 18.9 Å². The highest BCUT2D eigenvalue weighted by atomic mass is 16.2. The molecule has 0 aromatic rings. The van der Waals surface area contributed by atoms with Crippen molar-refractivity contribution in [1.29, 1.82) is 5.26 Å². The topological polar surface area (TPSA) is 44.1 Å². The Hall–Kier alpha value is -1.04. The molecule has 2 rings (SSSR count). The molecule has 2 aliphatic carbocycles. The second-order valence-electron chi connectivity index (χ2n) is 5.21. The van der Waals surface area contributed by atoms with Gasteiger partial charge in [0.05, 0.1) is 6.07 Å². The maximum atomic E-state index is 12.0. The van der Waals surface area contributed by atoms with Crippen LogP contribution in [-0.2, 0) is 4.79 Å². The van der Waals surface area contributed by atoms with Crippen LogP contribution in [0, 0.1) is 29.1 Å². The van der Waals surface area contributed by atoms with E-state index in [1.54, 1.807) is 4.90 Å². The first-order valence-electron chi connectivity index (χ1n) is 6.39. The first kappa shape index (κ1) is 11.4. The molecule has 3 atom stereocenters. The molecule has 2 saturated carbocycles. The first-order chi connectivity index (χ1) is 7.74. The Bertz CT molecular complexity index is 308. The van der Waals surface area contributed by atoms with Crippen molar-refractivity contribution in [1.82, 2.24) is 4.90 Å². The number of nitriles is 1. The van der Waals surface area contributed by atoms with E-state index in [0.717, 1.165) is 11.8 Å². The highest BCUT2D eigenvalue weighted by Gasteiger charge is 2.40. The summed E-state index contributed by atoms with van der Waals surface area (Å²) in [5, 5.41) is 8.64. The highest BCUT2D eigenvalue weighted by Crippen LogP contribution is 2.49. The Labute approximate surface area is 97.4 Å². The first-order valence-corrected chi connectivity index (χ1v) is 6.39. The zero-order chi connectivity index (χ0) is 11.5. The summed E-state index contributed by atoms with van der Waals surface area (Å²) in [6, 6.07) is 2.06. The zero-order valence-electron chi connectivity index (χ0n) is 9.98. The Morgan fingerprint density at radius 1 is 1.44 bits per heavy atom. The summed E-state index contributed by atoms with van der Waals surface area (Å²) < 4.78 is 0. The molecule has 2 fully saturated rings. The fourth-order valence-electron chi connectivity index (χ4n) is 3.44. The van der Waals surface area contributed by atoms with Crippen LogP contribution in [0.2, 0.25) is 0 Å². The standard InChI is InChI=1S/C13H20N2O/c1-2-15(6-5-14)13(16)9-12-8-10-3-4-11(12)7-10/h10-12H,2-4,6-9H2,1H3. The Kier molecular flexibility index (Phi) is 3.48. The lowest BCUT2D eigenvalue weighted by atomic mass is 9.86. The van der Waals surface area contributed by atoms with E-state index >= 15 is 0 Å². The molecule has 0 spiro atoms. The lowest BCUT2D eigenvalue weighted by Gasteiger charge is -2.24. The summed E-state index contributed by atoms with van der Waals surface area (Å²) in [5.41, 5.74) is 0. The van der Waals surface area contributed by atoms with E-state index in [2.05, 4.69) is 6.07 Å². The van der Waals surface area contributed by atoms with Gasteiger partial charge >= 0.3 is 0 Å². The molecule has 2 bridgehead atoms. The van der Waals surface area contributed by atoms with Crippen LogP contribution in [0.1, 0.15) is 39.0 Å². The van der Waals surface area contributed by atoms with Crippen molar-refractivity contribution in [2.75, 3.05) is 13.1 Å². The molecule has 0 radical (unpaired) electrons. The smallest absolute Gasteiger partial charge is 0.223 e. The van der Waals surface area contributed by atoms with Crippen molar-refractivity contribution in [2.45, 2.75) is 39.0 Å². The van der Waals surface area contributed by atoms with E-state index < -0.39 is 0 Å². The minimum absolute atomic E-state index is 0.182. The van der Waals surface area contributed by atoms with Crippen LogP contribution in [-0.4, -0.2) is 23.9 Å². The third kappa shape index (κ3) is 2.21. The maximum absolute atomic E-state index is 12.0. The van der Waals surface area contributed by atoms with Gasteiger partial charge in [-0.25, -0.2) is 0 Å². The summed E-state index contributed by atoms with van der Waals surface area (Å²) in [6.07, 6.45) is 5.98. The average Bonchev–Trinajstić information content (AvgIpc) is 2.87. The van der Waals surface area contributed by atoms with Gasteiger partial charge in [0.2, 0.25) is 5.91 Å². The molecule has 0 saturated heterocycles. The van der Waals surface area contributed by atoms with Crippen LogP contribution >= 0.6 is 0 Å². The molecule has 0 aromatic carbocycles. The number of hydrogen-bond donors (Lipinski definition) is 0. The SMILES string of the molecule is CCN(CC#N)C(=O)CC1CC2CCC1C2. The Morgan fingerprint density at radius 3 is 2.75 bits per heavy atom. The van der Waals surface area contributed by atoms with Gasteiger partial charge in [-0.15, -0.1) is 0 Å². The van der Waals surface area contributed by atoms with Crippen molar-refractivity contribution in [3.8, 4) is 6.07 Å². The molecule has 3 unspecified atom stereocenters. The second-order valence-corrected chi connectivity index (χ2v) is 5.21. The van der Waals surface area contributed by atoms with E-state index in [-0.39, 0.29) is 12.5 Å². The van der Waals surface area contributed by atoms with Gasteiger partial charge in [-0.3, -0.25) is 4.79 Å². The molecule has 0 heterocycles. The van der Waals surface area contributed by atoms with Gasteiger partial charge in [-0.1, -0.05) is 6.42 Å². The number of rotatable bonds is 4. The van der Waals surface area contributed by atoms with E-state index in [1.807, 2.05) is 6.92 Å². The van der Waals surface area contributed by atoms with E-state index in [9.17, 15) is 4.79 Å². The third-order valence-electron chi connectivity index (χ3n) is 4.32. The minimum atomic E-state index is 0.182. The fourth-order valence-corrected chi connectivity index (χ4v) is 3.44. The lowest BCUT2D eigenvalue weighted by Crippen LogP contribution is -2.33. The molecule has 16 heavy (non-hydrogen) atoms. The third-order valence-corrected chi connectivity index (χ3v) is 4.32. The second kappa shape index (κ2) is 4.86. The van der Waals surface area contributed by atoms with E-state index in [1.165, 1.54) is 25.7 Å². The van der Waals surface area contributed by atoms with Crippen LogP contribution in [0.4, 0.5) is 0 Å². The van der Waals surface area contributed by atoms with Crippen LogP contribution in [0.3, 0.4) is 0 Å². The molecular weight excluding hydrogens is 200 g/mol. The quantitative estimate of drug-likeness (QED) is 0.682. The van der Waals surface area contributed by atoms with Crippen molar-refractivity contribution in [3.63, 3.8) is 0 Å². The molecule has 2 aliphatic rings. The Balaban J connectivity index is 1.85. The molecule has 1 amide bonds.